The predicted molar refractivity (Wildman–Crippen MR) is 91.1 cm³/mol. The minimum atomic E-state index is 0.0247. The minimum absolute atomic E-state index is 0.0247. The van der Waals surface area contributed by atoms with Gasteiger partial charge in [0.25, 0.3) is 0 Å². The zero-order chi connectivity index (χ0) is 16.2. The Morgan fingerprint density at radius 2 is 1.74 bits per heavy atom. The normalized spacial score (nSPS) is 10.5. The third-order valence-electron chi connectivity index (χ3n) is 3.81. The van der Waals surface area contributed by atoms with Crippen molar-refractivity contribution in [2.24, 2.45) is 0 Å². The van der Waals surface area contributed by atoms with Crippen molar-refractivity contribution in [3.05, 3.63) is 89.2 Å². The summed E-state index contributed by atoms with van der Waals surface area (Å²) in [6.07, 6.45) is 2.02. The first-order chi connectivity index (χ1) is 11.2. The molecule has 23 heavy (non-hydrogen) atoms. The molecule has 3 aromatic rings. The molecule has 0 N–H and O–H groups in total. The highest BCUT2D eigenvalue weighted by Gasteiger charge is 2.15. The molecule has 3 rings (SSSR count). The first-order valence-corrected chi connectivity index (χ1v) is 7.57. The summed E-state index contributed by atoms with van der Waals surface area (Å²) in [7, 11) is 1.62. The third kappa shape index (κ3) is 3.34. The van der Waals surface area contributed by atoms with Crippen LogP contribution in [-0.4, -0.2) is 17.5 Å². The van der Waals surface area contributed by atoms with Crippen LogP contribution in [0.4, 0.5) is 0 Å². The zero-order valence-electron chi connectivity index (χ0n) is 13.3. The van der Waals surface area contributed by atoms with Gasteiger partial charge in [0.05, 0.1) is 12.8 Å². The summed E-state index contributed by atoms with van der Waals surface area (Å²) in [4.78, 5) is 12.8. The number of carbonyl (C=O) groups excluding carboxylic acids is 1. The molecule has 0 spiro atoms. The van der Waals surface area contributed by atoms with E-state index in [9.17, 15) is 4.79 Å². The Hall–Kier alpha value is -2.81. The van der Waals surface area contributed by atoms with Crippen molar-refractivity contribution in [2.75, 3.05) is 7.11 Å². The largest absolute Gasteiger partial charge is 0.497 e. The number of methoxy groups -OCH3 is 1. The number of nitrogens with zero attached hydrogens (tertiary/aromatic N) is 1. The highest BCUT2D eigenvalue weighted by atomic mass is 16.5. The zero-order valence-corrected chi connectivity index (χ0v) is 13.3. The Bertz CT molecular complexity index is 801. The number of aromatic nitrogens is 1. The Balaban J connectivity index is 1.91. The fourth-order valence-corrected chi connectivity index (χ4v) is 2.65. The number of ketones is 1. The topological polar surface area (TPSA) is 31.2 Å². The molecule has 3 heteroatoms. The Morgan fingerprint density at radius 3 is 2.39 bits per heavy atom. The number of rotatable bonds is 5. The monoisotopic (exact) mass is 305 g/mol. The van der Waals surface area contributed by atoms with Gasteiger partial charge in [-0.05, 0) is 48.4 Å². The number of ether oxygens (including phenoxy) is 1. The quantitative estimate of drug-likeness (QED) is 0.665. The maximum Gasteiger partial charge on any atom is 0.209 e. The molecule has 0 radical (unpaired) electrons. The summed E-state index contributed by atoms with van der Waals surface area (Å²) in [5.41, 5.74) is 3.62. The third-order valence-corrected chi connectivity index (χ3v) is 3.81. The van der Waals surface area contributed by atoms with Crippen LogP contribution in [0.5, 0.6) is 5.75 Å². The summed E-state index contributed by atoms with van der Waals surface area (Å²) < 4.78 is 7.16. The molecule has 0 unspecified atom stereocenters. The van der Waals surface area contributed by atoms with Gasteiger partial charge in [-0.15, -0.1) is 0 Å². The van der Waals surface area contributed by atoms with Crippen molar-refractivity contribution in [3.63, 3.8) is 0 Å². The van der Waals surface area contributed by atoms with Crippen molar-refractivity contribution in [3.8, 4) is 5.75 Å². The molecule has 3 nitrogen and oxygen atoms in total. The first-order valence-electron chi connectivity index (χ1n) is 7.57. The Kier molecular flexibility index (Phi) is 4.29. The SMILES string of the molecule is COc1ccc(C(=O)c2cc(C)cn2Cc2ccccc2)cc1. The van der Waals surface area contributed by atoms with Crippen molar-refractivity contribution in [1.29, 1.82) is 0 Å². The number of benzene rings is 2. The molecule has 0 saturated carbocycles. The van der Waals surface area contributed by atoms with Crippen LogP contribution in [0.1, 0.15) is 27.2 Å². The maximum atomic E-state index is 12.8. The molecule has 1 heterocycles. The van der Waals surface area contributed by atoms with Gasteiger partial charge >= 0.3 is 0 Å². The van der Waals surface area contributed by atoms with Crippen LogP contribution >= 0.6 is 0 Å². The van der Waals surface area contributed by atoms with Gasteiger partial charge in [0.1, 0.15) is 5.75 Å². The van der Waals surface area contributed by atoms with E-state index in [2.05, 4.69) is 12.1 Å². The van der Waals surface area contributed by atoms with Gasteiger partial charge in [0, 0.05) is 18.3 Å². The summed E-state index contributed by atoms with van der Waals surface area (Å²) in [6.45, 7) is 2.69. The van der Waals surface area contributed by atoms with Crippen LogP contribution in [-0.2, 0) is 6.54 Å². The number of aryl methyl sites for hydroxylation is 1. The highest BCUT2D eigenvalue weighted by Crippen LogP contribution is 2.18. The van der Waals surface area contributed by atoms with Crippen LogP contribution < -0.4 is 4.74 Å². The lowest BCUT2D eigenvalue weighted by Gasteiger charge is -2.09. The van der Waals surface area contributed by atoms with Gasteiger partial charge in [0.2, 0.25) is 5.78 Å². The molecule has 0 aliphatic carbocycles. The fraction of sp³-hybridized carbons (Fsp3) is 0.150. The second-order valence-corrected chi connectivity index (χ2v) is 5.57. The molecular weight excluding hydrogens is 286 g/mol. The average molecular weight is 305 g/mol. The molecule has 0 fully saturated rings. The lowest BCUT2D eigenvalue weighted by molar-refractivity contribution is 0.103. The lowest BCUT2D eigenvalue weighted by Crippen LogP contribution is -2.10. The second-order valence-electron chi connectivity index (χ2n) is 5.57. The number of hydrogen-bond acceptors (Lipinski definition) is 2. The Morgan fingerprint density at radius 1 is 1.04 bits per heavy atom. The van der Waals surface area contributed by atoms with Crippen LogP contribution in [0.3, 0.4) is 0 Å². The predicted octanol–water partition coefficient (Wildman–Crippen LogP) is 4.08. The van der Waals surface area contributed by atoms with Gasteiger partial charge in [-0.1, -0.05) is 30.3 Å². The van der Waals surface area contributed by atoms with Gasteiger partial charge in [-0.25, -0.2) is 0 Å². The van der Waals surface area contributed by atoms with E-state index in [1.807, 2.05) is 54.1 Å². The van der Waals surface area contributed by atoms with Crippen molar-refractivity contribution in [1.82, 2.24) is 4.57 Å². The summed E-state index contributed by atoms with van der Waals surface area (Å²) >= 11 is 0. The molecule has 0 aliphatic heterocycles. The van der Waals surface area contributed by atoms with Crippen molar-refractivity contribution < 1.29 is 9.53 Å². The van der Waals surface area contributed by atoms with E-state index >= 15 is 0 Å². The maximum absolute atomic E-state index is 12.8. The van der Waals surface area contributed by atoms with Crippen LogP contribution in [0.25, 0.3) is 0 Å². The molecule has 0 bridgehead atoms. The molecule has 0 atom stereocenters. The fourth-order valence-electron chi connectivity index (χ4n) is 2.65. The first kappa shape index (κ1) is 15.1. The van der Waals surface area contributed by atoms with E-state index in [0.29, 0.717) is 17.8 Å². The molecule has 0 saturated heterocycles. The van der Waals surface area contributed by atoms with Gasteiger partial charge in [0.15, 0.2) is 0 Å². The van der Waals surface area contributed by atoms with Crippen LogP contribution in [0, 0.1) is 6.92 Å². The van der Waals surface area contributed by atoms with Crippen molar-refractivity contribution >= 4 is 5.78 Å². The van der Waals surface area contributed by atoms with Gasteiger partial charge in [-0.2, -0.15) is 0 Å². The molecule has 0 amide bonds. The lowest BCUT2D eigenvalue weighted by atomic mass is 10.1. The van der Waals surface area contributed by atoms with Crippen LogP contribution in [0.15, 0.2) is 66.9 Å². The van der Waals surface area contributed by atoms with Gasteiger partial charge in [-0.3, -0.25) is 4.79 Å². The standard InChI is InChI=1S/C20H19NO2/c1-15-12-19(20(22)17-8-10-18(23-2)11-9-17)21(13-15)14-16-6-4-3-5-7-16/h3-13H,14H2,1-2H3. The second kappa shape index (κ2) is 6.53. The number of carbonyl (C=O) groups is 1. The van der Waals surface area contributed by atoms with Crippen LogP contribution in [0.2, 0.25) is 0 Å². The van der Waals surface area contributed by atoms with Gasteiger partial charge < -0.3 is 9.30 Å². The molecule has 0 aliphatic rings. The number of hydrogen-bond donors (Lipinski definition) is 0. The molecule has 1 aromatic heterocycles. The smallest absolute Gasteiger partial charge is 0.209 e. The minimum Gasteiger partial charge on any atom is -0.497 e. The van der Waals surface area contributed by atoms with E-state index in [1.54, 1.807) is 19.2 Å². The summed E-state index contributed by atoms with van der Waals surface area (Å²) in [5.74, 6) is 0.772. The summed E-state index contributed by atoms with van der Waals surface area (Å²) in [5, 5.41) is 0. The van der Waals surface area contributed by atoms with E-state index in [-0.39, 0.29) is 5.78 Å². The summed E-state index contributed by atoms with van der Waals surface area (Å²) in [6, 6.07) is 19.3. The van der Waals surface area contributed by atoms with E-state index < -0.39 is 0 Å². The highest BCUT2D eigenvalue weighted by molar-refractivity contribution is 6.08. The molecule has 116 valence electrons. The molecular formula is C20H19NO2. The average Bonchev–Trinajstić information content (AvgIpc) is 2.95. The Labute approximate surface area is 136 Å². The molecule has 2 aromatic carbocycles. The van der Waals surface area contributed by atoms with E-state index in [4.69, 9.17) is 4.74 Å². The van der Waals surface area contributed by atoms with E-state index in [0.717, 1.165) is 11.3 Å². The van der Waals surface area contributed by atoms with Crippen molar-refractivity contribution in [2.45, 2.75) is 13.5 Å². The van der Waals surface area contributed by atoms with E-state index in [1.165, 1.54) is 5.56 Å².